The van der Waals surface area contributed by atoms with Gasteiger partial charge in [0, 0.05) is 16.5 Å². The minimum Gasteiger partial charge on any atom is -0.495 e. The van der Waals surface area contributed by atoms with E-state index in [0.29, 0.717) is 24.0 Å². The molecule has 19 heavy (non-hydrogen) atoms. The third-order valence-corrected chi connectivity index (χ3v) is 4.78. The summed E-state index contributed by atoms with van der Waals surface area (Å²) in [5.41, 5.74) is 2.79. The quantitative estimate of drug-likeness (QED) is 0.698. The van der Waals surface area contributed by atoms with Crippen molar-refractivity contribution in [1.29, 1.82) is 0 Å². The number of fused-ring (bicyclic) bond motifs is 2. The fourth-order valence-corrected chi connectivity index (χ4v) is 4.03. The Morgan fingerprint density at radius 1 is 1.37 bits per heavy atom. The maximum atomic E-state index is 6.55. The van der Waals surface area contributed by atoms with Gasteiger partial charge in [0.25, 0.3) is 0 Å². The van der Waals surface area contributed by atoms with Crippen LogP contribution in [-0.2, 0) is 17.8 Å². The zero-order valence-electron chi connectivity index (χ0n) is 10.1. The Kier molecular flexibility index (Phi) is 3.73. The molecule has 0 fully saturated rings. The summed E-state index contributed by atoms with van der Waals surface area (Å²) in [5.74, 6) is 0.698. The van der Waals surface area contributed by atoms with Gasteiger partial charge in [0.2, 0.25) is 0 Å². The van der Waals surface area contributed by atoms with Crippen molar-refractivity contribution < 1.29 is 9.47 Å². The molecule has 1 aromatic carbocycles. The average molecular weight is 407 g/mol. The highest BCUT2D eigenvalue weighted by molar-refractivity contribution is 9.11. The van der Waals surface area contributed by atoms with Crippen LogP contribution in [0.3, 0.4) is 0 Å². The van der Waals surface area contributed by atoms with E-state index in [-0.39, 0.29) is 0 Å². The maximum Gasteiger partial charge on any atom is 0.144 e. The molecule has 3 rings (SSSR count). The molecule has 1 aliphatic rings. The van der Waals surface area contributed by atoms with E-state index >= 15 is 0 Å². The highest BCUT2D eigenvalue weighted by atomic mass is 79.9. The maximum absolute atomic E-state index is 6.55. The van der Waals surface area contributed by atoms with Gasteiger partial charge in [0.15, 0.2) is 0 Å². The molecule has 0 saturated carbocycles. The number of nitrogens with zero attached hydrogens (tertiary/aromatic N) is 1. The Hall–Kier alpha value is -0.360. The van der Waals surface area contributed by atoms with E-state index in [1.165, 1.54) is 0 Å². The monoisotopic (exact) mass is 405 g/mol. The molecule has 100 valence electrons. The van der Waals surface area contributed by atoms with Crippen LogP contribution in [0, 0.1) is 0 Å². The second-order valence-electron chi connectivity index (χ2n) is 4.25. The molecule has 0 unspecified atom stereocenters. The van der Waals surface area contributed by atoms with E-state index in [9.17, 15) is 0 Å². The van der Waals surface area contributed by atoms with E-state index in [2.05, 4.69) is 31.9 Å². The fourth-order valence-electron chi connectivity index (χ4n) is 2.28. The van der Waals surface area contributed by atoms with Gasteiger partial charge < -0.3 is 9.47 Å². The van der Waals surface area contributed by atoms with Gasteiger partial charge in [0.05, 0.1) is 46.4 Å². The Labute approximate surface area is 132 Å². The van der Waals surface area contributed by atoms with Crippen molar-refractivity contribution in [3.8, 4) is 5.75 Å². The molecule has 1 aliphatic heterocycles. The second-order valence-corrected chi connectivity index (χ2v) is 6.34. The summed E-state index contributed by atoms with van der Waals surface area (Å²) in [4.78, 5) is 4.71. The third kappa shape index (κ3) is 2.17. The number of rotatable bonds is 1. The number of halogens is 3. The lowest BCUT2D eigenvalue weighted by Gasteiger charge is -2.20. The van der Waals surface area contributed by atoms with Crippen LogP contribution in [0.4, 0.5) is 0 Å². The molecule has 0 amide bonds. The predicted octanol–water partition coefficient (Wildman–Crippen LogP) is 4.49. The van der Waals surface area contributed by atoms with Crippen molar-refractivity contribution in [2.24, 2.45) is 0 Å². The Balaban J connectivity index is 2.45. The van der Waals surface area contributed by atoms with Crippen LogP contribution in [0.25, 0.3) is 10.9 Å². The first kappa shape index (κ1) is 13.6. The summed E-state index contributed by atoms with van der Waals surface area (Å²) < 4.78 is 12.7. The fraction of sp³-hybridized carbons (Fsp3) is 0.308. The van der Waals surface area contributed by atoms with Gasteiger partial charge in [-0.3, -0.25) is 4.98 Å². The summed E-state index contributed by atoms with van der Waals surface area (Å²) >= 11 is 13.6. The standard InChI is InChI=1S/C13H10Br2ClNO2/c1-18-13-8(15)4-7(14)12-10(13)11(16)6-5-19-3-2-9(6)17-12/h4H,2-3,5H2,1H3. The number of ether oxygens (including phenoxy) is 2. The molecular formula is C13H10Br2ClNO2. The first-order valence-electron chi connectivity index (χ1n) is 5.74. The van der Waals surface area contributed by atoms with Crippen LogP contribution in [0.5, 0.6) is 5.75 Å². The summed E-state index contributed by atoms with van der Waals surface area (Å²) in [6.07, 6.45) is 0.788. The number of benzene rings is 1. The number of pyridine rings is 1. The molecule has 3 nitrogen and oxygen atoms in total. The Morgan fingerprint density at radius 3 is 2.89 bits per heavy atom. The lowest BCUT2D eigenvalue weighted by atomic mass is 10.1. The summed E-state index contributed by atoms with van der Waals surface area (Å²) in [7, 11) is 1.62. The van der Waals surface area contributed by atoms with Crippen LogP contribution in [0.1, 0.15) is 11.3 Å². The largest absolute Gasteiger partial charge is 0.495 e. The van der Waals surface area contributed by atoms with E-state index in [1.807, 2.05) is 6.07 Å². The van der Waals surface area contributed by atoms with E-state index in [1.54, 1.807) is 7.11 Å². The molecule has 0 radical (unpaired) electrons. The first-order chi connectivity index (χ1) is 9.13. The molecule has 2 heterocycles. The topological polar surface area (TPSA) is 31.4 Å². The summed E-state index contributed by atoms with van der Waals surface area (Å²) in [6.45, 7) is 1.19. The highest BCUT2D eigenvalue weighted by Crippen LogP contribution is 2.43. The second kappa shape index (κ2) is 5.20. The normalized spacial score (nSPS) is 14.5. The molecule has 1 aromatic heterocycles. The van der Waals surface area contributed by atoms with E-state index in [4.69, 9.17) is 26.1 Å². The molecule has 0 spiro atoms. The lowest BCUT2D eigenvalue weighted by Crippen LogP contribution is -2.13. The summed E-state index contributed by atoms with van der Waals surface area (Å²) in [5, 5.41) is 1.48. The number of hydrogen-bond donors (Lipinski definition) is 0. The highest BCUT2D eigenvalue weighted by Gasteiger charge is 2.22. The smallest absolute Gasteiger partial charge is 0.144 e. The van der Waals surface area contributed by atoms with Crippen molar-refractivity contribution in [1.82, 2.24) is 4.98 Å². The van der Waals surface area contributed by atoms with Gasteiger partial charge in [-0.15, -0.1) is 0 Å². The van der Waals surface area contributed by atoms with Gasteiger partial charge in [0.1, 0.15) is 5.75 Å². The van der Waals surface area contributed by atoms with Gasteiger partial charge in [-0.25, -0.2) is 0 Å². The van der Waals surface area contributed by atoms with Gasteiger partial charge in [-0.1, -0.05) is 11.6 Å². The lowest BCUT2D eigenvalue weighted by molar-refractivity contribution is 0.109. The van der Waals surface area contributed by atoms with Crippen molar-refractivity contribution in [3.63, 3.8) is 0 Å². The van der Waals surface area contributed by atoms with Gasteiger partial charge >= 0.3 is 0 Å². The number of hydrogen-bond acceptors (Lipinski definition) is 3. The number of aromatic nitrogens is 1. The van der Waals surface area contributed by atoms with Crippen LogP contribution in [0.15, 0.2) is 15.0 Å². The zero-order chi connectivity index (χ0) is 13.6. The van der Waals surface area contributed by atoms with E-state index < -0.39 is 0 Å². The minimum atomic E-state index is 0.504. The van der Waals surface area contributed by atoms with E-state index in [0.717, 1.165) is 37.5 Å². The molecule has 0 aliphatic carbocycles. The third-order valence-electron chi connectivity index (χ3n) is 3.17. The van der Waals surface area contributed by atoms with Crippen LogP contribution in [0.2, 0.25) is 5.02 Å². The molecule has 0 N–H and O–H groups in total. The molecular weight excluding hydrogens is 397 g/mol. The minimum absolute atomic E-state index is 0.504. The first-order valence-corrected chi connectivity index (χ1v) is 7.70. The van der Waals surface area contributed by atoms with Crippen molar-refractivity contribution >= 4 is 54.4 Å². The zero-order valence-corrected chi connectivity index (χ0v) is 14.0. The van der Waals surface area contributed by atoms with Crippen molar-refractivity contribution in [2.45, 2.75) is 13.0 Å². The molecule has 0 saturated heterocycles. The number of methoxy groups -OCH3 is 1. The average Bonchev–Trinajstić information content (AvgIpc) is 2.41. The van der Waals surface area contributed by atoms with Crippen LogP contribution >= 0.6 is 43.5 Å². The van der Waals surface area contributed by atoms with Gasteiger partial charge in [-0.2, -0.15) is 0 Å². The molecule has 0 bridgehead atoms. The SMILES string of the molecule is COc1c(Br)cc(Br)c2nc3c(c(Cl)c12)COCC3. The van der Waals surface area contributed by atoms with Crippen molar-refractivity contribution in [2.75, 3.05) is 13.7 Å². The van der Waals surface area contributed by atoms with Gasteiger partial charge in [-0.05, 0) is 37.9 Å². The Bertz CT molecular complexity index is 676. The molecule has 2 aromatic rings. The predicted molar refractivity (Wildman–Crippen MR) is 82.1 cm³/mol. The molecule has 0 atom stereocenters. The summed E-state index contributed by atoms with van der Waals surface area (Å²) in [6, 6.07) is 1.93. The Morgan fingerprint density at radius 2 is 2.16 bits per heavy atom. The van der Waals surface area contributed by atoms with Crippen LogP contribution in [-0.4, -0.2) is 18.7 Å². The van der Waals surface area contributed by atoms with Crippen LogP contribution < -0.4 is 4.74 Å². The molecule has 6 heteroatoms. The van der Waals surface area contributed by atoms with Crippen molar-refractivity contribution in [3.05, 3.63) is 31.3 Å².